The maximum atomic E-state index is 11.5. The summed E-state index contributed by atoms with van der Waals surface area (Å²) in [5.74, 6) is 0.211. The van der Waals surface area contributed by atoms with Gasteiger partial charge in [-0.2, -0.15) is 0 Å². The Morgan fingerprint density at radius 1 is 1.45 bits per heavy atom. The molecule has 1 aliphatic rings. The Labute approximate surface area is 122 Å². The van der Waals surface area contributed by atoms with Crippen LogP contribution in [0, 0.1) is 11.8 Å². The zero-order valence-electron chi connectivity index (χ0n) is 11.5. The fourth-order valence-electron chi connectivity index (χ4n) is 3.37. The second-order valence-corrected chi connectivity index (χ2v) is 6.23. The fourth-order valence-corrected chi connectivity index (χ4v) is 3.54. The molecule has 0 aliphatic heterocycles. The highest BCUT2D eigenvalue weighted by atomic mass is 35.5. The van der Waals surface area contributed by atoms with Crippen molar-refractivity contribution in [3.05, 3.63) is 29.0 Å². The molecule has 20 heavy (non-hydrogen) atoms. The molecule has 106 valence electrons. The summed E-state index contributed by atoms with van der Waals surface area (Å²) in [6.45, 7) is 2.11. The third kappa shape index (κ3) is 2.08. The molecule has 1 aromatic carbocycles. The van der Waals surface area contributed by atoms with Gasteiger partial charge in [-0.05, 0) is 37.0 Å². The van der Waals surface area contributed by atoms with Gasteiger partial charge in [0.05, 0.1) is 17.0 Å². The monoisotopic (exact) mass is 292 g/mol. The average molecular weight is 293 g/mol. The van der Waals surface area contributed by atoms with Crippen LogP contribution in [0.5, 0.6) is 0 Å². The van der Waals surface area contributed by atoms with Crippen LogP contribution in [0.25, 0.3) is 11.0 Å². The quantitative estimate of drug-likeness (QED) is 0.922. The van der Waals surface area contributed by atoms with Crippen molar-refractivity contribution in [2.45, 2.75) is 25.7 Å². The third-order valence-corrected chi connectivity index (χ3v) is 4.56. The molecule has 1 aliphatic carbocycles. The van der Waals surface area contributed by atoms with Crippen LogP contribution >= 0.6 is 11.6 Å². The number of carboxylic acid groups (broad SMARTS) is 1. The van der Waals surface area contributed by atoms with E-state index in [2.05, 4.69) is 11.9 Å². The number of aromatic nitrogens is 2. The SMILES string of the molecule is CC1CC(C(=O)O)C(c2nc3cc(Cl)ccc3n2C)C1. The minimum absolute atomic E-state index is 0.0151. The van der Waals surface area contributed by atoms with Crippen LogP contribution in [-0.4, -0.2) is 20.6 Å². The number of rotatable bonds is 2. The van der Waals surface area contributed by atoms with Gasteiger partial charge in [0.2, 0.25) is 0 Å². The van der Waals surface area contributed by atoms with Gasteiger partial charge in [-0.3, -0.25) is 4.79 Å². The number of imidazole rings is 1. The predicted molar refractivity (Wildman–Crippen MR) is 78.0 cm³/mol. The molecule has 0 radical (unpaired) electrons. The summed E-state index contributed by atoms with van der Waals surface area (Å²) < 4.78 is 2.00. The van der Waals surface area contributed by atoms with Crippen molar-refractivity contribution in [3.8, 4) is 0 Å². The number of halogens is 1. The van der Waals surface area contributed by atoms with Gasteiger partial charge >= 0.3 is 5.97 Å². The van der Waals surface area contributed by atoms with E-state index in [1.165, 1.54) is 0 Å². The molecule has 3 unspecified atom stereocenters. The van der Waals surface area contributed by atoms with Gasteiger partial charge in [0, 0.05) is 18.0 Å². The van der Waals surface area contributed by atoms with Crippen molar-refractivity contribution in [2.75, 3.05) is 0 Å². The summed E-state index contributed by atoms with van der Waals surface area (Å²) in [7, 11) is 1.94. The van der Waals surface area contributed by atoms with Gasteiger partial charge in [-0.1, -0.05) is 18.5 Å². The summed E-state index contributed by atoms with van der Waals surface area (Å²) in [6.07, 6.45) is 1.60. The third-order valence-electron chi connectivity index (χ3n) is 4.32. The molecule has 3 atom stereocenters. The Kier molecular flexibility index (Phi) is 3.21. The molecule has 1 N–H and O–H groups in total. The highest BCUT2D eigenvalue weighted by molar-refractivity contribution is 6.31. The molecule has 2 aromatic rings. The van der Waals surface area contributed by atoms with Crippen LogP contribution in [-0.2, 0) is 11.8 Å². The van der Waals surface area contributed by atoms with Crippen LogP contribution in [0.2, 0.25) is 5.02 Å². The Balaban J connectivity index is 2.09. The zero-order chi connectivity index (χ0) is 14.4. The lowest BCUT2D eigenvalue weighted by Gasteiger charge is -2.15. The molecular formula is C15H17ClN2O2. The number of benzene rings is 1. The summed E-state index contributed by atoms with van der Waals surface area (Å²) >= 11 is 6.00. The number of aryl methyl sites for hydroxylation is 1. The second kappa shape index (κ2) is 4.77. The lowest BCUT2D eigenvalue weighted by Crippen LogP contribution is -2.19. The van der Waals surface area contributed by atoms with E-state index in [4.69, 9.17) is 11.6 Å². The molecular weight excluding hydrogens is 276 g/mol. The normalized spacial score (nSPS) is 26.2. The van der Waals surface area contributed by atoms with Crippen LogP contribution in [0.15, 0.2) is 18.2 Å². The van der Waals surface area contributed by atoms with Gasteiger partial charge in [-0.25, -0.2) is 4.98 Å². The van der Waals surface area contributed by atoms with E-state index in [9.17, 15) is 9.90 Å². The van der Waals surface area contributed by atoms with Gasteiger partial charge < -0.3 is 9.67 Å². The van der Waals surface area contributed by atoms with E-state index >= 15 is 0 Å². The molecule has 0 bridgehead atoms. The number of fused-ring (bicyclic) bond motifs is 1. The first-order valence-electron chi connectivity index (χ1n) is 6.82. The van der Waals surface area contributed by atoms with Crippen LogP contribution in [0.3, 0.4) is 0 Å². The summed E-state index contributed by atoms with van der Waals surface area (Å²) in [5.41, 5.74) is 1.83. The Morgan fingerprint density at radius 3 is 2.90 bits per heavy atom. The lowest BCUT2D eigenvalue weighted by molar-refractivity contribution is -0.142. The topological polar surface area (TPSA) is 55.1 Å². The lowest BCUT2D eigenvalue weighted by atomic mass is 9.95. The Morgan fingerprint density at radius 2 is 2.20 bits per heavy atom. The maximum Gasteiger partial charge on any atom is 0.307 e. The number of carbonyl (C=O) groups is 1. The number of hydrogen-bond donors (Lipinski definition) is 1. The van der Waals surface area contributed by atoms with E-state index in [0.717, 1.165) is 29.7 Å². The van der Waals surface area contributed by atoms with Gasteiger partial charge in [0.15, 0.2) is 0 Å². The molecule has 1 saturated carbocycles. The number of carboxylic acids is 1. The van der Waals surface area contributed by atoms with E-state index in [1.54, 1.807) is 0 Å². The summed E-state index contributed by atoms with van der Waals surface area (Å²) in [6, 6.07) is 5.60. The minimum atomic E-state index is -0.718. The van der Waals surface area contributed by atoms with Crippen molar-refractivity contribution in [1.82, 2.24) is 9.55 Å². The Hall–Kier alpha value is -1.55. The first-order valence-corrected chi connectivity index (χ1v) is 7.20. The number of hydrogen-bond acceptors (Lipinski definition) is 2. The first-order chi connectivity index (χ1) is 9.47. The molecule has 1 fully saturated rings. The number of nitrogens with zero attached hydrogens (tertiary/aromatic N) is 2. The smallest absolute Gasteiger partial charge is 0.307 e. The van der Waals surface area contributed by atoms with Crippen LogP contribution in [0.1, 0.15) is 31.5 Å². The van der Waals surface area contributed by atoms with E-state index < -0.39 is 5.97 Å². The molecule has 1 heterocycles. The van der Waals surface area contributed by atoms with Gasteiger partial charge in [0.1, 0.15) is 5.82 Å². The van der Waals surface area contributed by atoms with E-state index in [-0.39, 0.29) is 11.8 Å². The van der Waals surface area contributed by atoms with Gasteiger partial charge in [-0.15, -0.1) is 0 Å². The largest absolute Gasteiger partial charge is 0.481 e. The highest BCUT2D eigenvalue weighted by Gasteiger charge is 2.40. The average Bonchev–Trinajstić information content (AvgIpc) is 2.90. The van der Waals surface area contributed by atoms with E-state index in [0.29, 0.717) is 10.9 Å². The van der Waals surface area contributed by atoms with E-state index in [1.807, 2.05) is 29.8 Å². The molecule has 1 aromatic heterocycles. The minimum Gasteiger partial charge on any atom is -0.481 e. The number of aliphatic carboxylic acids is 1. The first kappa shape index (κ1) is 13.4. The maximum absolute atomic E-state index is 11.5. The van der Waals surface area contributed by atoms with Crippen LogP contribution in [0.4, 0.5) is 0 Å². The predicted octanol–water partition coefficient (Wildman–Crippen LogP) is 3.44. The van der Waals surface area contributed by atoms with Crippen molar-refractivity contribution in [3.63, 3.8) is 0 Å². The Bertz CT molecular complexity index is 680. The van der Waals surface area contributed by atoms with Crippen molar-refractivity contribution in [2.24, 2.45) is 18.9 Å². The highest BCUT2D eigenvalue weighted by Crippen LogP contribution is 2.43. The molecule has 0 spiro atoms. The van der Waals surface area contributed by atoms with Crippen molar-refractivity contribution in [1.29, 1.82) is 0 Å². The van der Waals surface area contributed by atoms with Crippen molar-refractivity contribution < 1.29 is 9.90 Å². The molecule has 3 rings (SSSR count). The van der Waals surface area contributed by atoms with Gasteiger partial charge in [0.25, 0.3) is 0 Å². The van der Waals surface area contributed by atoms with Crippen LogP contribution < -0.4 is 0 Å². The van der Waals surface area contributed by atoms with Crippen molar-refractivity contribution >= 4 is 28.6 Å². The standard InChI is InChI=1S/C15H17ClN2O2/c1-8-5-10(11(6-8)15(19)20)14-17-12-7-9(16)3-4-13(12)18(14)2/h3-4,7-8,10-11H,5-6H2,1-2H3,(H,19,20). The fraction of sp³-hybridized carbons (Fsp3) is 0.467. The molecule has 4 nitrogen and oxygen atoms in total. The second-order valence-electron chi connectivity index (χ2n) is 5.79. The zero-order valence-corrected chi connectivity index (χ0v) is 12.3. The summed E-state index contributed by atoms with van der Waals surface area (Å²) in [4.78, 5) is 16.1. The molecule has 0 amide bonds. The molecule has 5 heteroatoms. The summed E-state index contributed by atoms with van der Waals surface area (Å²) in [5, 5.41) is 10.1. The molecule has 0 saturated heterocycles.